The van der Waals surface area contributed by atoms with Gasteiger partial charge in [0.1, 0.15) is 19.2 Å². The van der Waals surface area contributed by atoms with E-state index in [1.165, 1.54) is 38.4 Å². The van der Waals surface area contributed by atoms with Gasteiger partial charge < -0.3 is 14.4 Å². The lowest BCUT2D eigenvalue weighted by molar-refractivity contribution is -0.306. The second-order valence-corrected chi connectivity index (χ2v) is 9.40. The smallest absolute Gasteiger partial charge is 0.230 e. The summed E-state index contributed by atoms with van der Waals surface area (Å²) in [6.07, 6.45) is 12.1. The van der Waals surface area contributed by atoms with Crippen molar-refractivity contribution < 1.29 is 14.4 Å². The lowest BCUT2D eigenvalue weighted by atomic mass is 9.57. The van der Waals surface area contributed by atoms with E-state index in [1.807, 2.05) is 0 Å². The van der Waals surface area contributed by atoms with Crippen LogP contribution in [0.5, 0.6) is 0 Å². The molecule has 29 heavy (non-hydrogen) atoms. The molecule has 2 heterocycles. The summed E-state index contributed by atoms with van der Waals surface area (Å²) >= 11 is 0. The van der Waals surface area contributed by atoms with Crippen LogP contribution in [0.15, 0.2) is 17.2 Å². The zero-order valence-corrected chi connectivity index (χ0v) is 17.8. The lowest BCUT2D eigenvalue weighted by Crippen LogP contribution is -2.37. The summed E-state index contributed by atoms with van der Waals surface area (Å²) in [5, 5.41) is 19.3. The van der Waals surface area contributed by atoms with Gasteiger partial charge >= 0.3 is 0 Å². The highest BCUT2D eigenvalue weighted by Crippen LogP contribution is 2.53. The first-order valence-corrected chi connectivity index (χ1v) is 10.6. The Morgan fingerprint density at radius 1 is 1.31 bits per heavy atom. The third kappa shape index (κ3) is 5.42. The second-order valence-electron chi connectivity index (χ2n) is 9.40. The van der Waals surface area contributed by atoms with Crippen LogP contribution >= 0.6 is 0 Å². The number of carboxylic acid groups (broad SMARTS) is 1. The van der Waals surface area contributed by atoms with Crippen LogP contribution in [0.3, 0.4) is 0 Å². The quantitative estimate of drug-likeness (QED) is 0.634. The minimum Gasteiger partial charge on any atom is -0.550 e. The van der Waals surface area contributed by atoms with Crippen LogP contribution in [0.4, 0.5) is 0 Å². The summed E-state index contributed by atoms with van der Waals surface area (Å²) in [4.78, 5) is 19.6. The molecule has 8 heteroatoms. The third-order valence-corrected chi connectivity index (χ3v) is 6.63. The average Bonchev–Trinajstić information content (AvgIpc) is 3.33. The number of aromatic nitrogens is 5. The summed E-state index contributed by atoms with van der Waals surface area (Å²) in [7, 11) is 0. The molecule has 0 aromatic carbocycles. The Bertz CT molecular complexity index is 773. The monoisotopic (exact) mass is 402 g/mol. The highest BCUT2D eigenvalue weighted by Gasteiger charge is 2.41. The fourth-order valence-electron chi connectivity index (χ4n) is 4.76. The van der Waals surface area contributed by atoms with Gasteiger partial charge in [-0.3, -0.25) is 0 Å². The zero-order valence-electron chi connectivity index (χ0n) is 17.8. The Balaban J connectivity index is 1.65. The van der Waals surface area contributed by atoms with Crippen molar-refractivity contribution in [1.82, 2.24) is 24.9 Å². The van der Waals surface area contributed by atoms with E-state index in [2.05, 4.69) is 41.0 Å². The number of hydrogen-bond donors (Lipinski definition) is 0. The molecule has 1 fully saturated rings. The van der Waals surface area contributed by atoms with Crippen molar-refractivity contribution in [2.24, 2.45) is 10.8 Å². The molecule has 0 aliphatic heterocycles. The predicted molar refractivity (Wildman–Crippen MR) is 105 cm³/mol. The van der Waals surface area contributed by atoms with Gasteiger partial charge in [-0.15, -0.1) is 0 Å². The van der Waals surface area contributed by atoms with Gasteiger partial charge in [0.25, 0.3) is 0 Å². The first-order valence-electron chi connectivity index (χ1n) is 10.6. The first kappa shape index (κ1) is 21.5. The van der Waals surface area contributed by atoms with Gasteiger partial charge in [0.05, 0.1) is 0 Å². The molecule has 0 N–H and O–H groups in total. The van der Waals surface area contributed by atoms with Gasteiger partial charge in [0.15, 0.2) is 5.82 Å². The molecule has 1 unspecified atom stereocenters. The zero-order chi connectivity index (χ0) is 20.9. The van der Waals surface area contributed by atoms with E-state index >= 15 is 0 Å². The van der Waals surface area contributed by atoms with Crippen LogP contribution < -0.4 is 5.11 Å². The molecule has 8 nitrogen and oxygen atoms in total. The van der Waals surface area contributed by atoms with Crippen molar-refractivity contribution in [2.45, 2.75) is 91.0 Å². The number of hydrogen-bond acceptors (Lipinski definition) is 7. The van der Waals surface area contributed by atoms with Crippen molar-refractivity contribution in [3.63, 3.8) is 0 Å². The molecule has 160 valence electrons. The maximum atomic E-state index is 11.3. The summed E-state index contributed by atoms with van der Waals surface area (Å²) in [6, 6.07) is 0. The Kier molecular flexibility index (Phi) is 6.70. The normalized spacial score (nSPS) is 17.9. The van der Waals surface area contributed by atoms with Crippen LogP contribution in [0.1, 0.15) is 96.2 Å². The van der Waals surface area contributed by atoms with Crippen molar-refractivity contribution in [1.29, 1.82) is 0 Å². The molecule has 1 aliphatic rings. The topological polar surface area (TPSA) is 110 Å². The van der Waals surface area contributed by atoms with Crippen molar-refractivity contribution >= 4 is 5.97 Å². The minimum absolute atomic E-state index is 0.104. The molecule has 1 aliphatic carbocycles. The maximum Gasteiger partial charge on any atom is 0.230 e. The van der Waals surface area contributed by atoms with E-state index in [9.17, 15) is 9.90 Å². The van der Waals surface area contributed by atoms with Gasteiger partial charge in [-0.25, -0.2) is 9.67 Å². The van der Waals surface area contributed by atoms with Crippen LogP contribution in [-0.4, -0.2) is 30.9 Å². The van der Waals surface area contributed by atoms with E-state index < -0.39 is 5.97 Å². The highest BCUT2D eigenvalue weighted by atomic mass is 16.5. The Morgan fingerprint density at radius 2 is 2.07 bits per heavy atom. The largest absolute Gasteiger partial charge is 0.550 e. The molecule has 0 saturated heterocycles. The molecule has 0 amide bonds. The number of nitrogens with zero attached hydrogens (tertiary/aromatic N) is 5. The molecule has 0 radical (unpaired) electrons. The molecular weight excluding hydrogens is 370 g/mol. The summed E-state index contributed by atoms with van der Waals surface area (Å²) < 4.78 is 6.99. The second kappa shape index (κ2) is 9.05. The molecule has 0 bridgehead atoms. The van der Waals surface area contributed by atoms with Crippen molar-refractivity contribution in [2.75, 3.05) is 0 Å². The van der Waals surface area contributed by atoms with Gasteiger partial charge in [0, 0.05) is 11.9 Å². The van der Waals surface area contributed by atoms with E-state index in [0.717, 1.165) is 12.8 Å². The third-order valence-electron chi connectivity index (χ3n) is 6.63. The maximum absolute atomic E-state index is 11.3. The van der Waals surface area contributed by atoms with Crippen molar-refractivity contribution in [3.05, 3.63) is 24.4 Å². The van der Waals surface area contributed by atoms with Crippen LogP contribution in [0.25, 0.3) is 0 Å². The SMILES string of the molecule is CC(C)(C)C1(CCCC(CC(=O)[O-])c2nc(Cn3cncn3)no2)CCCCC1. The van der Waals surface area contributed by atoms with Gasteiger partial charge in [0.2, 0.25) is 5.89 Å². The van der Waals surface area contributed by atoms with E-state index in [-0.39, 0.29) is 17.8 Å². The van der Waals surface area contributed by atoms with Crippen LogP contribution in [0.2, 0.25) is 0 Å². The molecule has 0 spiro atoms. The molecule has 1 atom stereocenters. The lowest BCUT2D eigenvalue weighted by Gasteiger charge is -2.48. The molecule has 2 aromatic rings. The highest BCUT2D eigenvalue weighted by molar-refractivity contribution is 5.65. The predicted octanol–water partition coefficient (Wildman–Crippen LogP) is 3.10. The minimum atomic E-state index is -1.09. The standard InChI is InChI=1S/C21H33N5O3/c1-20(2,3)21(9-5-4-6-10-21)11-7-8-16(12-18(27)28)19-24-17(25-29-19)13-26-15-22-14-23-26/h14-16H,4-13H2,1-3H3,(H,27,28)/p-1. The summed E-state index contributed by atoms with van der Waals surface area (Å²) in [6.45, 7) is 7.36. The number of rotatable bonds is 9. The van der Waals surface area contributed by atoms with Gasteiger partial charge in [-0.2, -0.15) is 10.1 Å². The molecule has 1 saturated carbocycles. The fourth-order valence-corrected chi connectivity index (χ4v) is 4.76. The number of carboxylic acids is 1. The summed E-state index contributed by atoms with van der Waals surface area (Å²) in [5.41, 5.74) is 0.567. The molecule has 3 rings (SSSR count). The Hall–Kier alpha value is -2.25. The van der Waals surface area contributed by atoms with Crippen LogP contribution in [0, 0.1) is 10.8 Å². The van der Waals surface area contributed by atoms with Gasteiger partial charge in [-0.05, 0) is 42.9 Å². The fraction of sp³-hybridized carbons (Fsp3) is 0.762. The number of carbonyl (C=O) groups excluding carboxylic acids is 1. The van der Waals surface area contributed by atoms with Gasteiger partial charge in [-0.1, -0.05) is 51.6 Å². The van der Waals surface area contributed by atoms with E-state index in [1.54, 1.807) is 11.0 Å². The molecular formula is C21H32N5O3-. The Morgan fingerprint density at radius 3 is 2.69 bits per heavy atom. The molecule has 2 aromatic heterocycles. The number of carbonyl (C=O) groups is 1. The number of aliphatic carboxylic acids is 1. The van der Waals surface area contributed by atoms with E-state index in [0.29, 0.717) is 30.1 Å². The van der Waals surface area contributed by atoms with Crippen molar-refractivity contribution in [3.8, 4) is 0 Å². The summed E-state index contributed by atoms with van der Waals surface area (Å²) in [5.74, 6) is -0.572. The Labute approximate surface area is 172 Å². The van der Waals surface area contributed by atoms with Crippen LogP contribution in [-0.2, 0) is 11.3 Å². The van der Waals surface area contributed by atoms with E-state index in [4.69, 9.17) is 4.52 Å². The average molecular weight is 403 g/mol. The first-order chi connectivity index (χ1) is 13.8.